The molecule has 0 aliphatic rings. The highest BCUT2D eigenvalue weighted by molar-refractivity contribution is 5.93. The van der Waals surface area contributed by atoms with Crippen LogP contribution in [0.4, 0.5) is 4.39 Å². The first-order chi connectivity index (χ1) is 13.0. The van der Waals surface area contributed by atoms with Gasteiger partial charge in [-0.15, -0.1) is 0 Å². The zero-order valence-corrected chi connectivity index (χ0v) is 15.2. The summed E-state index contributed by atoms with van der Waals surface area (Å²) in [5.74, 6) is -0.0998. The lowest BCUT2D eigenvalue weighted by molar-refractivity contribution is 0.0950. The molecule has 6 heteroatoms. The second-order valence-corrected chi connectivity index (χ2v) is 6.47. The van der Waals surface area contributed by atoms with Crippen molar-refractivity contribution in [1.29, 1.82) is 0 Å². The maximum Gasteiger partial charge on any atom is 0.256 e. The van der Waals surface area contributed by atoms with E-state index >= 15 is 0 Å². The van der Waals surface area contributed by atoms with E-state index in [9.17, 15) is 14.0 Å². The van der Waals surface area contributed by atoms with Crippen molar-refractivity contribution in [3.05, 3.63) is 93.5 Å². The van der Waals surface area contributed by atoms with E-state index in [0.29, 0.717) is 13.0 Å². The third-order valence-corrected chi connectivity index (χ3v) is 4.61. The highest BCUT2D eigenvalue weighted by Crippen LogP contribution is 2.28. The fourth-order valence-electron chi connectivity index (χ4n) is 2.98. The van der Waals surface area contributed by atoms with E-state index in [1.165, 1.54) is 24.4 Å². The van der Waals surface area contributed by atoms with Crippen molar-refractivity contribution in [3.8, 4) is 0 Å². The molecule has 3 rings (SSSR count). The van der Waals surface area contributed by atoms with Crippen molar-refractivity contribution < 1.29 is 13.6 Å². The summed E-state index contributed by atoms with van der Waals surface area (Å²) in [5.41, 5.74) is 1.49. The summed E-state index contributed by atoms with van der Waals surface area (Å²) in [7, 11) is 1.78. The minimum atomic E-state index is -0.409. The van der Waals surface area contributed by atoms with Crippen molar-refractivity contribution in [1.82, 2.24) is 9.88 Å². The van der Waals surface area contributed by atoms with Crippen LogP contribution in [0.15, 0.2) is 64.1 Å². The van der Waals surface area contributed by atoms with Gasteiger partial charge in [0, 0.05) is 37.5 Å². The van der Waals surface area contributed by atoms with Crippen molar-refractivity contribution in [3.63, 3.8) is 0 Å². The molecular weight excluding hydrogens is 347 g/mol. The van der Waals surface area contributed by atoms with Crippen LogP contribution in [0.1, 0.15) is 39.7 Å². The summed E-state index contributed by atoms with van der Waals surface area (Å²) in [6.45, 7) is 2.15. The van der Waals surface area contributed by atoms with Crippen LogP contribution in [0.3, 0.4) is 0 Å². The molecule has 2 heterocycles. The van der Waals surface area contributed by atoms with E-state index in [0.717, 1.165) is 17.0 Å². The highest BCUT2D eigenvalue weighted by atomic mass is 19.1. The van der Waals surface area contributed by atoms with Crippen LogP contribution in [0.25, 0.3) is 0 Å². The van der Waals surface area contributed by atoms with E-state index in [-0.39, 0.29) is 22.7 Å². The molecule has 3 aromatic rings. The van der Waals surface area contributed by atoms with E-state index in [1.807, 2.05) is 6.07 Å². The molecule has 5 nitrogen and oxygen atoms in total. The van der Waals surface area contributed by atoms with E-state index in [2.05, 4.69) is 5.32 Å². The van der Waals surface area contributed by atoms with Gasteiger partial charge in [0.1, 0.15) is 17.1 Å². The van der Waals surface area contributed by atoms with Gasteiger partial charge in [-0.25, -0.2) is 4.39 Å². The fraction of sp³-hybridized carbons (Fsp3) is 0.238. The Labute approximate surface area is 156 Å². The zero-order chi connectivity index (χ0) is 19.4. The first-order valence-electron chi connectivity index (χ1n) is 8.70. The van der Waals surface area contributed by atoms with Crippen molar-refractivity contribution in [2.24, 2.45) is 7.05 Å². The third kappa shape index (κ3) is 4.34. The molecule has 0 saturated heterocycles. The van der Waals surface area contributed by atoms with E-state index in [4.69, 9.17) is 4.42 Å². The Bertz CT molecular complexity index is 976. The van der Waals surface area contributed by atoms with Crippen LogP contribution < -0.4 is 10.7 Å². The fourth-order valence-corrected chi connectivity index (χ4v) is 2.98. The Kier molecular flexibility index (Phi) is 5.54. The number of pyridine rings is 1. The number of aromatic nitrogens is 1. The first kappa shape index (κ1) is 18.6. The Morgan fingerprint density at radius 1 is 1.26 bits per heavy atom. The van der Waals surface area contributed by atoms with Gasteiger partial charge in [-0.1, -0.05) is 12.1 Å². The number of furan rings is 1. The smallest absolute Gasteiger partial charge is 0.256 e. The molecule has 0 unspecified atom stereocenters. The number of carbonyl (C=O) groups excluding carboxylic acids is 1. The number of nitrogens with one attached hydrogen (secondary N) is 1. The molecule has 1 atom stereocenters. The van der Waals surface area contributed by atoms with Gasteiger partial charge in [-0.3, -0.25) is 9.59 Å². The lowest BCUT2D eigenvalue weighted by Crippen LogP contribution is -2.31. The standard InChI is InChI=1S/C21H21FN2O3/c1-14-12-19(25)18(13-24(14)2)21(26)23-10-9-17(20-4-3-11-27-20)15-5-7-16(22)8-6-15/h3-8,11-13,17H,9-10H2,1-2H3,(H,23,26)/t17-/m1/s1. The van der Waals surface area contributed by atoms with Crippen LogP contribution in [0, 0.1) is 12.7 Å². The van der Waals surface area contributed by atoms with E-state index in [1.54, 1.807) is 43.0 Å². The molecule has 140 valence electrons. The molecule has 0 fully saturated rings. The van der Waals surface area contributed by atoms with Crippen molar-refractivity contribution in [2.45, 2.75) is 19.3 Å². The predicted octanol–water partition coefficient (Wildman–Crippen LogP) is 3.38. The lowest BCUT2D eigenvalue weighted by atomic mass is 9.93. The molecule has 1 amide bonds. The number of halogens is 1. The number of rotatable bonds is 6. The van der Waals surface area contributed by atoms with Crippen molar-refractivity contribution in [2.75, 3.05) is 6.54 Å². The molecule has 0 spiro atoms. The highest BCUT2D eigenvalue weighted by Gasteiger charge is 2.18. The summed E-state index contributed by atoms with van der Waals surface area (Å²) in [6, 6.07) is 11.3. The minimum absolute atomic E-state index is 0.111. The SMILES string of the molecule is Cc1cc(=O)c(C(=O)NCC[C@H](c2ccc(F)cc2)c2ccco2)cn1C. The summed E-state index contributed by atoms with van der Waals surface area (Å²) < 4.78 is 20.5. The van der Waals surface area contributed by atoms with Gasteiger partial charge in [0.25, 0.3) is 5.91 Å². The minimum Gasteiger partial charge on any atom is -0.469 e. The van der Waals surface area contributed by atoms with Gasteiger partial charge >= 0.3 is 0 Å². The van der Waals surface area contributed by atoms with Crippen LogP contribution in [-0.4, -0.2) is 17.0 Å². The molecular formula is C21H21FN2O3. The largest absolute Gasteiger partial charge is 0.469 e. The van der Waals surface area contributed by atoms with Gasteiger partial charge in [-0.05, 0) is 43.2 Å². The molecule has 1 aromatic carbocycles. The molecule has 1 N–H and O–H groups in total. The number of hydrogen-bond donors (Lipinski definition) is 1. The third-order valence-electron chi connectivity index (χ3n) is 4.61. The molecule has 27 heavy (non-hydrogen) atoms. The van der Waals surface area contributed by atoms with Crippen LogP contribution in [-0.2, 0) is 7.05 Å². The number of nitrogens with zero attached hydrogens (tertiary/aromatic N) is 1. The summed E-state index contributed by atoms with van der Waals surface area (Å²) in [6.07, 6.45) is 3.68. The van der Waals surface area contributed by atoms with Gasteiger partial charge in [0.2, 0.25) is 0 Å². The van der Waals surface area contributed by atoms with E-state index < -0.39 is 5.91 Å². The molecule has 0 radical (unpaired) electrons. The van der Waals surface area contributed by atoms with Gasteiger partial charge in [0.15, 0.2) is 5.43 Å². The quantitative estimate of drug-likeness (QED) is 0.725. The predicted molar refractivity (Wildman–Crippen MR) is 100 cm³/mol. The molecule has 0 aliphatic heterocycles. The normalized spacial score (nSPS) is 12.0. The maximum atomic E-state index is 13.2. The lowest BCUT2D eigenvalue weighted by Gasteiger charge is -2.16. The zero-order valence-electron chi connectivity index (χ0n) is 15.2. The number of carbonyl (C=O) groups is 1. The Morgan fingerprint density at radius 3 is 2.67 bits per heavy atom. The topological polar surface area (TPSA) is 64.2 Å². The summed E-state index contributed by atoms with van der Waals surface area (Å²) in [5, 5.41) is 2.79. The summed E-state index contributed by atoms with van der Waals surface area (Å²) in [4.78, 5) is 24.4. The summed E-state index contributed by atoms with van der Waals surface area (Å²) >= 11 is 0. The van der Waals surface area contributed by atoms with Gasteiger partial charge in [0.05, 0.1) is 6.26 Å². The second-order valence-electron chi connectivity index (χ2n) is 6.47. The molecule has 0 bridgehead atoms. The average molecular weight is 368 g/mol. The Morgan fingerprint density at radius 2 is 2.00 bits per heavy atom. The van der Waals surface area contributed by atoms with Gasteiger partial charge in [-0.2, -0.15) is 0 Å². The van der Waals surface area contributed by atoms with Crippen LogP contribution >= 0.6 is 0 Å². The first-order valence-corrected chi connectivity index (χ1v) is 8.70. The number of aryl methyl sites for hydroxylation is 2. The number of benzene rings is 1. The number of amides is 1. The molecule has 0 aliphatic carbocycles. The van der Waals surface area contributed by atoms with Crippen molar-refractivity contribution >= 4 is 5.91 Å². The monoisotopic (exact) mass is 368 g/mol. The number of hydrogen-bond acceptors (Lipinski definition) is 3. The Hall–Kier alpha value is -3.15. The van der Waals surface area contributed by atoms with Crippen LogP contribution in [0.5, 0.6) is 0 Å². The van der Waals surface area contributed by atoms with Gasteiger partial charge < -0.3 is 14.3 Å². The Balaban J connectivity index is 1.71. The molecule has 0 saturated carbocycles. The maximum absolute atomic E-state index is 13.2. The second kappa shape index (κ2) is 8.03. The average Bonchev–Trinajstić information content (AvgIpc) is 3.17. The van der Waals surface area contributed by atoms with Crippen LogP contribution in [0.2, 0.25) is 0 Å². The molecule has 2 aromatic heterocycles.